The molecule has 0 aromatic heterocycles. The molecule has 1 saturated heterocycles. The number of thiocarbonyl (C=S) groups is 1. The molecule has 0 bridgehead atoms. The van der Waals surface area contributed by atoms with E-state index in [1.54, 1.807) is 12.1 Å². The third-order valence-electron chi connectivity index (χ3n) is 3.30. The number of carbonyl (C=O) groups is 2. The van der Waals surface area contributed by atoms with Gasteiger partial charge in [-0.3, -0.25) is 19.8 Å². The summed E-state index contributed by atoms with van der Waals surface area (Å²) in [6.45, 7) is 0. The van der Waals surface area contributed by atoms with E-state index in [1.165, 1.54) is 39.4 Å². The normalized spacial score (nSPS) is 16.4. The fraction of sp³-hybridized carbons (Fsp3) is 0.267. The minimum absolute atomic E-state index is 0.0321. The van der Waals surface area contributed by atoms with Gasteiger partial charge in [0, 0.05) is 7.05 Å². The van der Waals surface area contributed by atoms with Crippen LogP contribution in [0.5, 0.6) is 17.2 Å². The zero-order valence-electron chi connectivity index (χ0n) is 13.1. The third-order valence-corrected chi connectivity index (χ3v) is 3.68. The molecule has 0 atom stereocenters. The minimum atomic E-state index is -0.549. The Labute approximate surface area is 138 Å². The lowest BCUT2D eigenvalue weighted by atomic mass is 10.1. The Hall–Kier alpha value is -2.61. The van der Waals surface area contributed by atoms with Gasteiger partial charge in [-0.05, 0) is 36.0 Å². The van der Waals surface area contributed by atoms with Crippen LogP contribution in [0, 0.1) is 0 Å². The summed E-state index contributed by atoms with van der Waals surface area (Å²) in [4.78, 5) is 25.4. The summed E-state index contributed by atoms with van der Waals surface area (Å²) in [6, 6.07) is 3.28. The predicted molar refractivity (Wildman–Crippen MR) is 87.6 cm³/mol. The second-order valence-corrected chi connectivity index (χ2v) is 5.03. The molecule has 1 aromatic rings. The van der Waals surface area contributed by atoms with Gasteiger partial charge in [-0.1, -0.05) is 0 Å². The van der Waals surface area contributed by atoms with Crippen molar-refractivity contribution >= 4 is 35.2 Å². The Morgan fingerprint density at radius 1 is 1.09 bits per heavy atom. The molecule has 1 aliphatic heterocycles. The van der Waals surface area contributed by atoms with E-state index in [2.05, 4.69) is 5.32 Å². The lowest BCUT2D eigenvalue weighted by Gasteiger charge is -2.25. The standard InChI is InChI=1S/C15H16N2O5S/c1-17-14(19)9(13(18)16-15(17)23)5-8-6-10(20-2)12(22-4)11(7-8)21-3/h5-7H,1-4H3,(H,16,18,23)/b9-5+. The smallest absolute Gasteiger partial charge is 0.265 e. The molecule has 0 spiro atoms. The molecule has 2 amide bonds. The highest BCUT2D eigenvalue weighted by molar-refractivity contribution is 7.80. The number of benzene rings is 1. The summed E-state index contributed by atoms with van der Waals surface area (Å²) in [7, 11) is 5.96. The van der Waals surface area contributed by atoms with E-state index in [9.17, 15) is 9.59 Å². The van der Waals surface area contributed by atoms with E-state index in [0.29, 0.717) is 22.8 Å². The largest absolute Gasteiger partial charge is 0.493 e. The predicted octanol–water partition coefficient (Wildman–Crippen LogP) is 0.969. The number of ether oxygens (including phenoxy) is 3. The van der Waals surface area contributed by atoms with Gasteiger partial charge in [0.25, 0.3) is 11.8 Å². The first-order valence-corrected chi connectivity index (χ1v) is 6.98. The SMILES string of the molecule is COc1cc(/C=C2\C(=O)NC(=S)N(C)C2=O)cc(OC)c1OC. The van der Waals surface area contributed by atoms with E-state index in [0.717, 1.165) is 0 Å². The van der Waals surface area contributed by atoms with Gasteiger partial charge in [0.05, 0.1) is 21.3 Å². The summed E-state index contributed by atoms with van der Waals surface area (Å²) >= 11 is 4.90. The lowest BCUT2D eigenvalue weighted by molar-refractivity contribution is -0.128. The van der Waals surface area contributed by atoms with E-state index in [4.69, 9.17) is 26.4 Å². The highest BCUT2D eigenvalue weighted by atomic mass is 32.1. The highest BCUT2D eigenvalue weighted by Crippen LogP contribution is 2.38. The monoisotopic (exact) mass is 336 g/mol. The molecule has 1 aliphatic rings. The molecule has 8 heteroatoms. The molecular formula is C15H16N2O5S. The zero-order valence-corrected chi connectivity index (χ0v) is 13.9. The van der Waals surface area contributed by atoms with Crippen molar-refractivity contribution in [2.75, 3.05) is 28.4 Å². The highest BCUT2D eigenvalue weighted by Gasteiger charge is 2.30. The number of amides is 2. The number of nitrogens with one attached hydrogen (secondary N) is 1. The summed E-state index contributed by atoms with van der Waals surface area (Å²) < 4.78 is 15.7. The van der Waals surface area contributed by atoms with Crippen molar-refractivity contribution in [2.45, 2.75) is 0 Å². The van der Waals surface area contributed by atoms with Gasteiger partial charge in [-0.15, -0.1) is 0 Å². The average molecular weight is 336 g/mol. The van der Waals surface area contributed by atoms with E-state index >= 15 is 0 Å². The Kier molecular flexibility index (Phi) is 4.85. The number of hydrogen-bond acceptors (Lipinski definition) is 6. The van der Waals surface area contributed by atoms with Gasteiger partial charge >= 0.3 is 0 Å². The van der Waals surface area contributed by atoms with E-state index < -0.39 is 11.8 Å². The molecule has 1 heterocycles. The van der Waals surface area contributed by atoms with Crippen LogP contribution in [-0.4, -0.2) is 50.2 Å². The fourth-order valence-corrected chi connectivity index (χ4v) is 2.27. The first-order chi connectivity index (χ1) is 10.9. The molecule has 1 aromatic carbocycles. The van der Waals surface area contributed by atoms with Crippen molar-refractivity contribution in [1.82, 2.24) is 10.2 Å². The maximum Gasteiger partial charge on any atom is 0.265 e. The summed E-state index contributed by atoms with van der Waals surface area (Å²) in [5.74, 6) is 0.242. The van der Waals surface area contributed by atoms with Crippen LogP contribution >= 0.6 is 12.2 Å². The second kappa shape index (κ2) is 6.66. The maximum atomic E-state index is 12.2. The minimum Gasteiger partial charge on any atom is -0.493 e. The zero-order chi connectivity index (χ0) is 17.1. The molecule has 7 nitrogen and oxygen atoms in total. The number of nitrogens with zero attached hydrogens (tertiary/aromatic N) is 1. The Balaban J connectivity index is 2.52. The van der Waals surface area contributed by atoms with E-state index in [-0.39, 0.29) is 10.7 Å². The van der Waals surface area contributed by atoms with Crippen molar-refractivity contribution < 1.29 is 23.8 Å². The molecule has 0 radical (unpaired) electrons. The summed E-state index contributed by atoms with van der Waals surface area (Å²) in [6.07, 6.45) is 1.44. The molecule has 1 N–H and O–H groups in total. The van der Waals surface area contributed by atoms with Crippen LogP contribution in [0.15, 0.2) is 17.7 Å². The maximum absolute atomic E-state index is 12.2. The van der Waals surface area contributed by atoms with Crippen molar-refractivity contribution in [3.63, 3.8) is 0 Å². The average Bonchev–Trinajstić information content (AvgIpc) is 2.55. The Morgan fingerprint density at radius 2 is 1.65 bits per heavy atom. The third kappa shape index (κ3) is 3.11. The van der Waals surface area contributed by atoms with Crippen LogP contribution in [0.1, 0.15) is 5.56 Å². The number of likely N-dealkylation sites (N-methyl/N-ethyl adjacent to an activating group) is 1. The topological polar surface area (TPSA) is 77.1 Å². The molecule has 0 saturated carbocycles. The lowest BCUT2D eigenvalue weighted by Crippen LogP contribution is -2.52. The quantitative estimate of drug-likeness (QED) is 0.502. The van der Waals surface area contributed by atoms with Gasteiger partial charge in [0.15, 0.2) is 16.6 Å². The van der Waals surface area contributed by atoms with Crippen LogP contribution in [0.3, 0.4) is 0 Å². The van der Waals surface area contributed by atoms with Gasteiger partial charge in [0.1, 0.15) is 5.57 Å². The second-order valence-electron chi connectivity index (χ2n) is 4.64. The first kappa shape index (κ1) is 16.8. The molecule has 23 heavy (non-hydrogen) atoms. The van der Waals surface area contributed by atoms with Crippen LogP contribution in [0.4, 0.5) is 0 Å². The van der Waals surface area contributed by atoms with Crippen molar-refractivity contribution in [3.8, 4) is 17.2 Å². The molecule has 1 fully saturated rings. The molecule has 0 unspecified atom stereocenters. The van der Waals surface area contributed by atoms with Gasteiger partial charge < -0.3 is 14.2 Å². The van der Waals surface area contributed by atoms with Gasteiger partial charge in [-0.25, -0.2) is 0 Å². The van der Waals surface area contributed by atoms with Crippen LogP contribution in [0.25, 0.3) is 6.08 Å². The fourth-order valence-electron chi connectivity index (χ4n) is 2.10. The number of carbonyl (C=O) groups excluding carboxylic acids is 2. The van der Waals surface area contributed by atoms with Crippen molar-refractivity contribution in [2.24, 2.45) is 0 Å². The van der Waals surface area contributed by atoms with Crippen LogP contribution < -0.4 is 19.5 Å². The first-order valence-electron chi connectivity index (χ1n) is 6.58. The van der Waals surface area contributed by atoms with Crippen molar-refractivity contribution in [1.29, 1.82) is 0 Å². The van der Waals surface area contributed by atoms with Gasteiger partial charge in [0.2, 0.25) is 5.75 Å². The molecular weight excluding hydrogens is 320 g/mol. The Morgan fingerprint density at radius 3 is 2.13 bits per heavy atom. The number of methoxy groups -OCH3 is 3. The molecule has 122 valence electrons. The summed E-state index contributed by atoms with van der Waals surface area (Å²) in [5.41, 5.74) is 0.523. The van der Waals surface area contributed by atoms with Gasteiger partial charge in [-0.2, -0.15) is 0 Å². The van der Waals surface area contributed by atoms with E-state index in [1.807, 2.05) is 0 Å². The number of hydrogen-bond donors (Lipinski definition) is 1. The molecule has 2 rings (SSSR count). The molecule has 0 aliphatic carbocycles. The Bertz CT molecular complexity index is 689. The van der Waals surface area contributed by atoms with Crippen LogP contribution in [0.2, 0.25) is 0 Å². The van der Waals surface area contributed by atoms with Crippen LogP contribution in [-0.2, 0) is 9.59 Å². The van der Waals surface area contributed by atoms with Crippen molar-refractivity contribution in [3.05, 3.63) is 23.3 Å². The number of rotatable bonds is 4. The summed E-state index contributed by atoms with van der Waals surface area (Å²) in [5, 5.41) is 2.52.